The number of aryl methyl sites for hydroxylation is 1. The van der Waals surface area contributed by atoms with Gasteiger partial charge < -0.3 is 4.74 Å². The molecule has 0 unspecified atom stereocenters. The molecule has 0 atom stereocenters. The van der Waals surface area contributed by atoms with Gasteiger partial charge in [-0.2, -0.15) is 5.10 Å². The van der Waals surface area contributed by atoms with Gasteiger partial charge in [0.2, 0.25) is 0 Å². The molecule has 0 saturated heterocycles. The normalized spacial score (nSPS) is 10.1. The smallest absolute Gasteiger partial charge is 0.119 e. The second-order valence-corrected chi connectivity index (χ2v) is 3.08. The van der Waals surface area contributed by atoms with Crippen LogP contribution in [0.3, 0.4) is 0 Å². The molecule has 1 heterocycles. The minimum absolute atomic E-state index is 0.860. The molecule has 0 fully saturated rings. The lowest BCUT2D eigenvalue weighted by Gasteiger charge is -2.05. The van der Waals surface area contributed by atoms with E-state index in [9.17, 15) is 0 Å². The molecule has 0 bridgehead atoms. The van der Waals surface area contributed by atoms with E-state index in [2.05, 4.69) is 5.10 Å². The first-order valence-corrected chi connectivity index (χ1v) is 4.46. The van der Waals surface area contributed by atoms with Crippen LogP contribution in [0, 0.1) is 6.92 Å². The van der Waals surface area contributed by atoms with Gasteiger partial charge in [0.25, 0.3) is 0 Å². The van der Waals surface area contributed by atoms with Crippen molar-refractivity contribution < 1.29 is 4.74 Å². The maximum absolute atomic E-state index is 5.09. The minimum atomic E-state index is 0.860. The second kappa shape index (κ2) is 3.54. The Labute approximate surface area is 82.9 Å². The molecule has 0 aliphatic rings. The quantitative estimate of drug-likeness (QED) is 0.722. The van der Waals surface area contributed by atoms with Gasteiger partial charge in [0.15, 0.2) is 0 Å². The summed E-state index contributed by atoms with van der Waals surface area (Å²) < 4.78 is 6.98. The van der Waals surface area contributed by atoms with Crippen LogP contribution in [0.2, 0.25) is 0 Å². The predicted molar refractivity (Wildman–Crippen MR) is 54.9 cm³/mol. The van der Waals surface area contributed by atoms with Crippen LogP contribution < -0.4 is 4.74 Å². The largest absolute Gasteiger partial charge is 0.497 e. The number of ether oxygens (including phenoxy) is 1. The summed E-state index contributed by atoms with van der Waals surface area (Å²) in [5, 5.41) is 4.22. The van der Waals surface area contributed by atoms with E-state index in [1.165, 1.54) is 0 Å². The van der Waals surface area contributed by atoms with Crippen molar-refractivity contribution in [1.82, 2.24) is 9.78 Å². The van der Waals surface area contributed by atoms with Gasteiger partial charge in [0, 0.05) is 11.9 Å². The monoisotopic (exact) mass is 188 g/mol. The van der Waals surface area contributed by atoms with Crippen LogP contribution in [0.4, 0.5) is 0 Å². The van der Waals surface area contributed by atoms with Crippen LogP contribution in [-0.4, -0.2) is 16.9 Å². The van der Waals surface area contributed by atoms with E-state index in [1.807, 2.05) is 41.9 Å². The van der Waals surface area contributed by atoms with Gasteiger partial charge in [-0.3, -0.25) is 0 Å². The molecule has 1 aromatic carbocycles. The highest BCUT2D eigenvalue weighted by molar-refractivity contribution is 5.37. The highest BCUT2D eigenvalue weighted by Crippen LogP contribution is 2.15. The van der Waals surface area contributed by atoms with Crippen molar-refractivity contribution in [3.05, 3.63) is 42.2 Å². The molecule has 0 radical (unpaired) electrons. The lowest BCUT2D eigenvalue weighted by atomic mass is 10.3. The summed E-state index contributed by atoms with van der Waals surface area (Å²) in [5.41, 5.74) is 2.17. The van der Waals surface area contributed by atoms with Crippen LogP contribution in [0.1, 0.15) is 5.69 Å². The van der Waals surface area contributed by atoms with E-state index in [0.29, 0.717) is 0 Å². The number of hydrogen-bond acceptors (Lipinski definition) is 2. The van der Waals surface area contributed by atoms with E-state index in [0.717, 1.165) is 17.1 Å². The standard InChI is InChI=1S/C11H12N2O/c1-9-7-8-12-13(9)10-3-5-11(14-2)6-4-10/h3-8H,1-2H3. The van der Waals surface area contributed by atoms with E-state index >= 15 is 0 Å². The Morgan fingerprint density at radius 1 is 1.14 bits per heavy atom. The zero-order valence-electron chi connectivity index (χ0n) is 8.27. The molecule has 72 valence electrons. The summed E-state index contributed by atoms with van der Waals surface area (Å²) in [5.74, 6) is 0.860. The summed E-state index contributed by atoms with van der Waals surface area (Å²) in [6, 6.07) is 9.80. The Kier molecular flexibility index (Phi) is 2.23. The van der Waals surface area contributed by atoms with Crippen molar-refractivity contribution in [1.29, 1.82) is 0 Å². The lowest BCUT2D eigenvalue weighted by Crippen LogP contribution is -1.97. The highest BCUT2D eigenvalue weighted by Gasteiger charge is 1.99. The van der Waals surface area contributed by atoms with Gasteiger partial charge >= 0.3 is 0 Å². The topological polar surface area (TPSA) is 27.1 Å². The fraction of sp³-hybridized carbons (Fsp3) is 0.182. The van der Waals surface area contributed by atoms with Crippen molar-refractivity contribution in [2.45, 2.75) is 6.92 Å². The average Bonchev–Trinajstić information content (AvgIpc) is 2.65. The number of benzene rings is 1. The fourth-order valence-corrected chi connectivity index (χ4v) is 1.36. The Bertz CT molecular complexity index is 417. The van der Waals surface area contributed by atoms with Crippen molar-refractivity contribution in [3.8, 4) is 11.4 Å². The Morgan fingerprint density at radius 2 is 1.86 bits per heavy atom. The molecule has 0 spiro atoms. The van der Waals surface area contributed by atoms with Gasteiger partial charge in [-0.05, 0) is 37.3 Å². The third-order valence-corrected chi connectivity index (χ3v) is 2.15. The molecular weight excluding hydrogens is 176 g/mol. The SMILES string of the molecule is COc1ccc(-n2nccc2C)cc1. The molecule has 0 saturated carbocycles. The van der Waals surface area contributed by atoms with Crippen molar-refractivity contribution in [2.24, 2.45) is 0 Å². The zero-order valence-corrected chi connectivity index (χ0v) is 8.27. The molecule has 3 heteroatoms. The maximum Gasteiger partial charge on any atom is 0.119 e. The van der Waals surface area contributed by atoms with Crippen molar-refractivity contribution >= 4 is 0 Å². The molecule has 14 heavy (non-hydrogen) atoms. The summed E-state index contributed by atoms with van der Waals surface area (Å²) in [6.07, 6.45) is 1.79. The van der Waals surface area contributed by atoms with E-state index in [1.54, 1.807) is 13.3 Å². The molecule has 0 amide bonds. The zero-order chi connectivity index (χ0) is 9.97. The van der Waals surface area contributed by atoms with E-state index < -0.39 is 0 Å². The molecule has 1 aromatic heterocycles. The molecular formula is C11H12N2O. The van der Waals surface area contributed by atoms with Crippen LogP contribution in [0.15, 0.2) is 36.5 Å². The first kappa shape index (κ1) is 8.81. The minimum Gasteiger partial charge on any atom is -0.497 e. The molecule has 0 aliphatic heterocycles. The maximum atomic E-state index is 5.09. The first-order valence-electron chi connectivity index (χ1n) is 4.46. The summed E-state index contributed by atoms with van der Waals surface area (Å²) in [6.45, 7) is 2.03. The van der Waals surface area contributed by atoms with Gasteiger partial charge in [-0.15, -0.1) is 0 Å². The fourth-order valence-electron chi connectivity index (χ4n) is 1.36. The Balaban J connectivity index is 2.39. The van der Waals surface area contributed by atoms with Gasteiger partial charge in [0.1, 0.15) is 5.75 Å². The van der Waals surface area contributed by atoms with E-state index in [-0.39, 0.29) is 0 Å². The Morgan fingerprint density at radius 3 is 2.36 bits per heavy atom. The van der Waals surface area contributed by atoms with Gasteiger partial charge in [-0.1, -0.05) is 0 Å². The molecule has 2 aromatic rings. The van der Waals surface area contributed by atoms with E-state index in [4.69, 9.17) is 4.74 Å². The molecule has 0 N–H and O–H groups in total. The second-order valence-electron chi connectivity index (χ2n) is 3.08. The van der Waals surface area contributed by atoms with Crippen LogP contribution in [0.5, 0.6) is 5.75 Å². The van der Waals surface area contributed by atoms with Crippen molar-refractivity contribution in [3.63, 3.8) is 0 Å². The Hall–Kier alpha value is -1.77. The third kappa shape index (κ3) is 1.48. The number of nitrogens with zero attached hydrogens (tertiary/aromatic N) is 2. The number of hydrogen-bond donors (Lipinski definition) is 0. The molecule has 2 rings (SSSR count). The first-order chi connectivity index (χ1) is 6.81. The summed E-state index contributed by atoms with van der Waals surface area (Å²) in [4.78, 5) is 0. The van der Waals surface area contributed by atoms with Crippen LogP contribution in [-0.2, 0) is 0 Å². The highest BCUT2D eigenvalue weighted by atomic mass is 16.5. The number of aromatic nitrogens is 2. The van der Waals surface area contributed by atoms with Crippen LogP contribution >= 0.6 is 0 Å². The summed E-state index contributed by atoms with van der Waals surface area (Å²) in [7, 11) is 1.66. The number of methoxy groups -OCH3 is 1. The van der Waals surface area contributed by atoms with Crippen LogP contribution in [0.25, 0.3) is 5.69 Å². The summed E-state index contributed by atoms with van der Waals surface area (Å²) >= 11 is 0. The number of rotatable bonds is 2. The van der Waals surface area contributed by atoms with Crippen molar-refractivity contribution in [2.75, 3.05) is 7.11 Å². The molecule has 0 aliphatic carbocycles. The molecule has 3 nitrogen and oxygen atoms in total. The van der Waals surface area contributed by atoms with Gasteiger partial charge in [0.05, 0.1) is 12.8 Å². The lowest BCUT2D eigenvalue weighted by molar-refractivity contribution is 0.414. The predicted octanol–water partition coefficient (Wildman–Crippen LogP) is 2.19. The third-order valence-electron chi connectivity index (χ3n) is 2.15. The average molecular weight is 188 g/mol. The van der Waals surface area contributed by atoms with Gasteiger partial charge in [-0.25, -0.2) is 4.68 Å².